The van der Waals surface area contributed by atoms with Crippen LogP contribution in [0.5, 0.6) is 5.75 Å². The van der Waals surface area contributed by atoms with Gasteiger partial charge < -0.3 is 15.0 Å². The molecule has 1 saturated carbocycles. The van der Waals surface area contributed by atoms with E-state index in [1.165, 1.54) is 24.1 Å². The van der Waals surface area contributed by atoms with Crippen LogP contribution >= 0.6 is 39.1 Å². The Morgan fingerprint density at radius 1 is 0.940 bits per heavy atom. The molecule has 5 rings (SSSR count). The number of anilines is 1. The van der Waals surface area contributed by atoms with E-state index in [0.717, 1.165) is 47.5 Å². The average Bonchev–Trinajstić information content (AvgIpc) is 3.10. The van der Waals surface area contributed by atoms with Crippen molar-refractivity contribution in [3.05, 3.63) is 122 Å². The molecular formula is C38H40BrCl2N3O5S. The summed E-state index contributed by atoms with van der Waals surface area (Å²) in [6.07, 6.45) is 5.08. The number of amides is 2. The predicted octanol–water partition coefficient (Wildman–Crippen LogP) is 8.36. The first kappa shape index (κ1) is 37.7. The molecule has 2 amide bonds. The maximum absolute atomic E-state index is 14.8. The molecule has 0 unspecified atom stereocenters. The summed E-state index contributed by atoms with van der Waals surface area (Å²) in [5.41, 5.74) is 2.64. The van der Waals surface area contributed by atoms with Crippen molar-refractivity contribution in [2.45, 2.75) is 69.0 Å². The Morgan fingerprint density at radius 2 is 1.64 bits per heavy atom. The Balaban J connectivity index is 1.59. The quantitative estimate of drug-likeness (QED) is 0.147. The summed E-state index contributed by atoms with van der Waals surface area (Å²) in [7, 11) is -2.81. The number of halogens is 3. The molecule has 8 nitrogen and oxygen atoms in total. The van der Waals surface area contributed by atoms with Crippen LogP contribution in [0.25, 0.3) is 0 Å². The number of sulfonamides is 1. The van der Waals surface area contributed by atoms with Gasteiger partial charge in [0.2, 0.25) is 11.8 Å². The summed E-state index contributed by atoms with van der Waals surface area (Å²) < 4.78 is 35.7. The number of hydrogen-bond donors (Lipinski definition) is 1. The maximum atomic E-state index is 14.8. The lowest BCUT2D eigenvalue weighted by atomic mass is 9.94. The summed E-state index contributed by atoms with van der Waals surface area (Å²) >= 11 is 16.3. The molecule has 0 heterocycles. The minimum absolute atomic E-state index is 0.0106. The van der Waals surface area contributed by atoms with E-state index < -0.39 is 28.5 Å². The highest BCUT2D eigenvalue weighted by Crippen LogP contribution is 2.32. The predicted molar refractivity (Wildman–Crippen MR) is 202 cm³/mol. The monoisotopic (exact) mass is 799 g/mol. The van der Waals surface area contributed by atoms with Crippen molar-refractivity contribution >= 4 is 66.7 Å². The molecule has 0 spiro atoms. The first-order valence-corrected chi connectivity index (χ1v) is 19.5. The molecule has 1 atom stereocenters. The van der Waals surface area contributed by atoms with Gasteiger partial charge in [-0.2, -0.15) is 0 Å². The second-order valence-corrected chi connectivity index (χ2v) is 16.0. The topological polar surface area (TPSA) is 96.0 Å². The lowest BCUT2D eigenvalue weighted by Crippen LogP contribution is -2.55. The van der Waals surface area contributed by atoms with Crippen LogP contribution in [0.3, 0.4) is 0 Å². The molecule has 0 aliphatic heterocycles. The molecule has 0 radical (unpaired) electrons. The van der Waals surface area contributed by atoms with Gasteiger partial charge in [-0.3, -0.25) is 13.9 Å². The smallest absolute Gasteiger partial charge is 0.264 e. The Bertz CT molecular complexity index is 1910. The van der Waals surface area contributed by atoms with Crippen molar-refractivity contribution in [3.8, 4) is 5.75 Å². The van der Waals surface area contributed by atoms with Crippen LogP contribution in [0.15, 0.2) is 100 Å². The van der Waals surface area contributed by atoms with E-state index in [-0.39, 0.29) is 29.8 Å². The second kappa shape index (κ2) is 17.1. The number of carbonyl (C=O) groups is 2. The summed E-state index contributed by atoms with van der Waals surface area (Å²) in [6, 6.07) is 24.8. The van der Waals surface area contributed by atoms with Crippen molar-refractivity contribution < 1.29 is 22.7 Å². The van der Waals surface area contributed by atoms with Crippen molar-refractivity contribution in [2.24, 2.45) is 0 Å². The van der Waals surface area contributed by atoms with E-state index in [4.69, 9.17) is 27.9 Å². The number of nitrogens with one attached hydrogen (secondary N) is 1. The number of rotatable bonds is 13. The van der Waals surface area contributed by atoms with Gasteiger partial charge in [0.05, 0.1) is 22.2 Å². The van der Waals surface area contributed by atoms with Crippen LogP contribution in [-0.2, 0) is 32.6 Å². The average molecular weight is 802 g/mol. The molecule has 4 aromatic rings. The van der Waals surface area contributed by atoms with Gasteiger partial charge in [-0.05, 0) is 89.3 Å². The third kappa shape index (κ3) is 9.40. The van der Waals surface area contributed by atoms with E-state index in [9.17, 15) is 18.0 Å². The number of hydrogen-bond acceptors (Lipinski definition) is 5. The largest absolute Gasteiger partial charge is 0.496 e. The van der Waals surface area contributed by atoms with Crippen LogP contribution in [0.1, 0.15) is 48.8 Å². The van der Waals surface area contributed by atoms with Crippen molar-refractivity contribution in [1.29, 1.82) is 0 Å². The van der Waals surface area contributed by atoms with Gasteiger partial charge in [-0.1, -0.05) is 96.6 Å². The van der Waals surface area contributed by atoms with E-state index in [1.54, 1.807) is 48.5 Å². The highest BCUT2D eigenvalue weighted by Gasteiger charge is 2.36. The summed E-state index contributed by atoms with van der Waals surface area (Å²) in [6.45, 7) is 1.26. The van der Waals surface area contributed by atoms with Gasteiger partial charge in [0.25, 0.3) is 10.0 Å². The molecule has 0 saturated heterocycles. The second-order valence-electron chi connectivity index (χ2n) is 12.4. The summed E-state index contributed by atoms with van der Waals surface area (Å²) in [5, 5.41) is 3.96. The van der Waals surface area contributed by atoms with Crippen LogP contribution in [0.4, 0.5) is 5.69 Å². The van der Waals surface area contributed by atoms with Gasteiger partial charge >= 0.3 is 0 Å². The highest BCUT2D eigenvalue weighted by molar-refractivity contribution is 9.10. The fraction of sp³-hybridized carbons (Fsp3) is 0.316. The number of aryl methyl sites for hydroxylation is 1. The molecule has 0 aromatic heterocycles. The number of ether oxygens (including phenoxy) is 1. The molecule has 1 aliphatic carbocycles. The van der Waals surface area contributed by atoms with E-state index in [1.807, 2.05) is 37.3 Å². The van der Waals surface area contributed by atoms with E-state index >= 15 is 0 Å². The molecule has 1 N–H and O–H groups in total. The van der Waals surface area contributed by atoms with Gasteiger partial charge in [0.1, 0.15) is 18.3 Å². The van der Waals surface area contributed by atoms with Crippen LogP contribution in [-0.4, -0.2) is 50.9 Å². The minimum atomic E-state index is -4.30. The molecular weight excluding hydrogens is 761 g/mol. The van der Waals surface area contributed by atoms with Crippen LogP contribution in [0.2, 0.25) is 10.0 Å². The Kier molecular flexibility index (Phi) is 12.9. The fourth-order valence-electron chi connectivity index (χ4n) is 6.11. The Labute approximate surface area is 312 Å². The Hall–Kier alpha value is -3.57. The zero-order valence-corrected chi connectivity index (χ0v) is 31.9. The zero-order chi connectivity index (χ0) is 35.8. The molecule has 0 bridgehead atoms. The number of nitrogens with zero attached hydrogens (tertiary/aromatic N) is 2. The van der Waals surface area contributed by atoms with Crippen molar-refractivity contribution in [3.63, 3.8) is 0 Å². The normalized spacial score (nSPS) is 14.1. The molecule has 4 aromatic carbocycles. The molecule has 1 aliphatic rings. The van der Waals surface area contributed by atoms with Gasteiger partial charge in [0.15, 0.2) is 0 Å². The van der Waals surface area contributed by atoms with Gasteiger partial charge in [0, 0.05) is 29.1 Å². The first-order valence-electron chi connectivity index (χ1n) is 16.5. The van der Waals surface area contributed by atoms with Crippen LogP contribution < -0.4 is 14.4 Å². The number of benzene rings is 4. The highest BCUT2D eigenvalue weighted by atomic mass is 79.9. The SMILES string of the molecule is COc1ccc(S(=O)(=O)N(CC(=O)N(Cc2ccc(Cl)cc2Cl)[C@H](Cc2ccccc2)C(=O)NC2CCCCC2)c2ccc(C)cc2)cc1Br. The van der Waals surface area contributed by atoms with Crippen LogP contribution in [0, 0.1) is 6.92 Å². The lowest BCUT2D eigenvalue weighted by molar-refractivity contribution is -0.140. The standard InChI is InChI=1S/C38H40BrCl2N3O5S/c1-26-13-17-31(18-14-26)44(50(47,48)32-19-20-36(49-2)33(39)23-32)25-37(45)43(24-28-15-16-29(40)22-34(28)41)35(21-27-9-5-3-6-10-27)38(46)42-30-11-7-4-8-12-30/h3,5-6,9-10,13-20,22-23,30,35H,4,7-8,11-12,21,24-25H2,1-2H3,(H,42,46)/t35-/m1/s1. The number of methoxy groups -OCH3 is 1. The zero-order valence-electron chi connectivity index (χ0n) is 27.9. The Morgan fingerprint density at radius 3 is 2.28 bits per heavy atom. The van der Waals surface area contributed by atoms with E-state index in [2.05, 4.69) is 21.2 Å². The molecule has 1 fully saturated rings. The maximum Gasteiger partial charge on any atom is 0.264 e. The lowest BCUT2D eigenvalue weighted by Gasteiger charge is -2.35. The van der Waals surface area contributed by atoms with Crippen molar-refractivity contribution in [2.75, 3.05) is 18.0 Å². The number of carbonyl (C=O) groups excluding carboxylic acids is 2. The minimum Gasteiger partial charge on any atom is -0.496 e. The molecule has 50 heavy (non-hydrogen) atoms. The third-order valence-electron chi connectivity index (χ3n) is 8.89. The first-order chi connectivity index (χ1) is 24.0. The molecule has 12 heteroatoms. The van der Waals surface area contributed by atoms with E-state index in [0.29, 0.717) is 31.5 Å². The van der Waals surface area contributed by atoms with Gasteiger partial charge in [-0.15, -0.1) is 0 Å². The molecule has 264 valence electrons. The summed E-state index contributed by atoms with van der Waals surface area (Å²) in [4.78, 5) is 30.5. The summed E-state index contributed by atoms with van der Waals surface area (Å²) in [5.74, 6) is -0.420. The fourth-order valence-corrected chi connectivity index (χ4v) is 8.71. The third-order valence-corrected chi connectivity index (χ3v) is 11.9. The van der Waals surface area contributed by atoms with Gasteiger partial charge in [-0.25, -0.2) is 8.42 Å². The van der Waals surface area contributed by atoms with Crippen molar-refractivity contribution in [1.82, 2.24) is 10.2 Å².